The van der Waals surface area contributed by atoms with Crippen LogP contribution in [0.5, 0.6) is 0 Å². The fourth-order valence-electron chi connectivity index (χ4n) is 3.46. The summed E-state index contributed by atoms with van der Waals surface area (Å²) in [5.74, 6) is 0. The summed E-state index contributed by atoms with van der Waals surface area (Å²) >= 11 is 0. The Morgan fingerprint density at radius 3 is 0.926 bits per heavy atom. The molecule has 0 spiro atoms. The Morgan fingerprint density at radius 1 is 0.519 bits per heavy atom. The topological polar surface area (TPSA) is 0 Å². The smallest absolute Gasteiger partial charge is 0.0505 e. The maximum absolute atomic E-state index is 2.44. The average Bonchev–Trinajstić information content (AvgIpc) is 3.06. The van der Waals surface area contributed by atoms with Gasteiger partial charge in [0.25, 0.3) is 0 Å². The van der Waals surface area contributed by atoms with E-state index in [9.17, 15) is 0 Å². The Morgan fingerprint density at radius 2 is 0.778 bits per heavy atom. The second kappa shape index (κ2) is 9.81. The van der Waals surface area contributed by atoms with Crippen LogP contribution in [0.15, 0.2) is 36.4 Å². The van der Waals surface area contributed by atoms with Gasteiger partial charge in [-0.25, -0.2) is 24.3 Å². The zero-order valence-electron chi connectivity index (χ0n) is 19.9. The summed E-state index contributed by atoms with van der Waals surface area (Å²) in [4.78, 5) is 0. The molecule has 0 aliphatic rings. The van der Waals surface area contributed by atoms with Gasteiger partial charge in [0.2, 0.25) is 0 Å². The second-order valence-corrected chi connectivity index (χ2v) is 31.9. The molecule has 0 saturated carbocycles. The van der Waals surface area contributed by atoms with Crippen molar-refractivity contribution >= 4 is 53.0 Å². The molecule has 2 aromatic rings. The molecule has 0 fully saturated rings. The maximum atomic E-state index is 2.44. The van der Waals surface area contributed by atoms with Gasteiger partial charge in [-0.15, -0.1) is 0 Å². The van der Waals surface area contributed by atoms with Gasteiger partial charge in [0.05, 0.1) is 16.1 Å². The van der Waals surface area contributed by atoms with Gasteiger partial charge in [0, 0.05) is 56.5 Å². The van der Waals surface area contributed by atoms with Crippen molar-refractivity contribution in [3.05, 3.63) is 36.4 Å². The minimum absolute atomic E-state index is 0. The molecule has 5 heteroatoms. The minimum Gasteiger partial charge on any atom is -0.214 e. The van der Waals surface area contributed by atoms with Crippen molar-refractivity contribution in [3.63, 3.8) is 0 Å². The molecule has 0 amide bonds. The molecule has 0 atom stereocenters. The molecule has 27 heavy (non-hydrogen) atoms. The van der Waals surface area contributed by atoms with Gasteiger partial charge in [0.15, 0.2) is 0 Å². The van der Waals surface area contributed by atoms with Crippen LogP contribution in [0.25, 0.3) is 0 Å². The van der Waals surface area contributed by atoms with Crippen LogP contribution >= 0.6 is 0 Å². The summed E-state index contributed by atoms with van der Waals surface area (Å²) in [5.41, 5.74) is 0. The second-order valence-electron chi connectivity index (χ2n) is 11.7. The van der Waals surface area contributed by atoms with Gasteiger partial charge >= 0.3 is 0 Å². The molecule has 0 N–H and O–H groups in total. The molecular weight excluding hydrogens is 527 g/mol. The van der Waals surface area contributed by atoms with E-state index in [1.165, 1.54) is 0 Å². The summed E-state index contributed by atoms with van der Waals surface area (Å²) in [7, 11) is -4.40. The first kappa shape index (κ1) is 27.9. The first-order chi connectivity index (χ1) is 11.5. The summed E-state index contributed by atoms with van der Waals surface area (Å²) < 4.78 is 0. The minimum atomic E-state index is -1.10. The van der Waals surface area contributed by atoms with Gasteiger partial charge in [-0.1, -0.05) is 78.6 Å². The van der Waals surface area contributed by atoms with Crippen molar-refractivity contribution < 1.29 is 40.4 Å². The maximum Gasteiger partial charge on any atom is 0.0505 e. The molecule has 2 rings (SSSR count). The quantitative estimate of drug-likeness (QED) is 0.360. The third kappa shape index (κ3) is 8.28. The molecule has 0 unspecified atom stereocenters. The average molecular weight is 569 g/mol. The Kier molecular flexibility index (Phi) is 10.1. The Bertz CT molecular complexity index is 579. The molecule has 0 aliphatic carbocycles. The fourth-order valence-corrected chi connectivity index (χ4v) is 13.9. The zero-order valence-corrected chi connectivity index (χ0v) is 26.5. The van der Waals surface area contributed by atoms with Crippen molar-refractivity contribution in [1.82, 2.24) is 0 Å². The van der Waals surface area contributed by atoms with E-state index in [1.54, 1.807) is 20.7 Å². The Hall–Kier alpha value is 0.905. The summed E-state index contributed by atoms with van der Waals surface area (Å²) in [5, 5.41) is 6.75. The van der Waals surface area contributed by atoms with E-state index < -0.39 is 32.3 Å². The van der Waals surface area contributed by atoms with Gasteiger partial charge in [-0.05, 0) is 0 Å². The normalized spacial score (nSPS) is 12.9. The van der Waals surface area contributed by atoms with Crippen molar-refractivity contribution in [3.8, 4) is 0 Å². The molecule has 2 aromatic carbocycles. The van der Waals surface area contributed by atoms with E-state index >= 15 is 0 Å². The van der Waals surface area contributed by atoms with Gasteiger partial charge < -0.3 is 0 Å². The van der Waals surface area contributed by atoms with Crippen molar-refractivity contribution in [1.29, 1.82) is 0 Å². The molecule has 0 nitrogen and oxygen atoms in total. The predicted molar refractivity (Wildman–Crippen MR) is 136 cm³/mol. The largest absolute Gasteiger partial charge is 0.214 e. The number of hydrogen-bond donors (Lipinski definition) is 0. The molecule has 154 valence electrons. The van der Waals surface area contributed by atoms with Gasteiger partial charge in [-0.2, -0.15) is 32.9 Å². The Balaban J connectivity index is 0.000000483. The summed E-state index contributed by atoms with van der Waals surface area (Å²) in [6, 6.07) is 13.9. The predicted octanol–water partition coefficient (Wildman–Crippen LogP) is 4.99. The van der Waals surface area contributed by atoms with Crippen LogP contribution in [0.1, 0.15) is 0 Å². The fraction of sp³-hybridized carbons (Fsp3) is 0.545. The standard InChI is InChI=1S/2C11H21Si2.Sm/c2*1-12(2,3)10-8-7-9-11(10)13(4,5)6;/h2*7-9H,1-6H3;/q2*-1;. The molecule has 0 heterocycles. The molecular formula is C22H42Si4Sm-2. The molecule has 0 saturated heterocycles. The third-order valence-corrected chi connectivity index (χ3v) is 13.6. The van der Waals surface area contributed by atoms with Crippen molar-refractivity contribution in [2.75, 3.05) is 0 Å². The van der Waals surface area contributed by atoms with Crippen molar-refractivity contribution in [2.45, 2.75) is 78.6 Å². The van der Waals surface area contributed by atoms with Crippen LogP contribution in [0.3, 0.4) is 0 Å². The first-order valence-corrected chi connectivity index (χ1v) is 24.0. The Labute approximate surface area is 206 Å². The van der Waals surface area contributed by atoms with Gasteiger partial charge in [0.1, 0.15) is 0 Å². The molecule has 0 radical (unpaired) electrons. The third-order valence-electron chi connectivity index (χ3n) is 4.86. The SMILES string of the molecule is C[Si](C)(C)c1ccc[c-]1[Si](C)(C)C.C[Si](C)(C)c1ccc[c-]1[Si](C)(C)C.[Sm]. The zero-order chi connectivity index (χ0) is 20.6. The van der Waals surface area contributed by atoms with E-state index in [0.717, 1.165) is 0 Å². The molecule has 0 aliphatic heterocycles. The molecule has 0 aromatic heterocycles. The van der Waals surface area contributed by atoms with E-state index in [0.29, 0.717) is 0 Å². The van der Waals surface area contributed by atoms with Crippen LogP contribution < -0.4 is 20.7 Å². The van der Waals surface area contributed by atoms with Crippen LogP contribution in [0, 0.1) is 40.4 Å². The van der Waals surface area contributed by atoms with E-state index in [2.05, 4.69) is 115 Å². The van der Waals surface area contributed by atoms with Crippen LogP contribution in [0.2, 0.25) is 78.6 Å². The van der Waals surface area contributed by atoms with E-state index in [1.807, 2.05) is 0 Å². The van der Waals surface area contributed by atoms with Crippen LogP contribution in [-0.2, 0) is 0 Å². The molecule has 0 bridgehead atoms. The van der Waals surface area contributed by atoms with E-state index in [4.69, 9.17) is 0 Å². The summed E-state index contributed by atoms with van der Waals surface area (Å²) in [6.07, 6.45) is 0. The summed E-state index contributed by atoms with van der Waals surface area (Å²) in [6.45, 7) is 29.2. The first-order valence-electron chi connectivity index (χ1n) is 9.99. The van der Waals surface area contributed by atoms with Crippen LogP contribution in [-0.4, -0.2) is 32.3 Å². The van der Waals surface area contributed by atoms with Crippen LogP contribution in [0.4, 0.5) is 0 Å². The number of rotatable bonds is 4. The number of hydrogen-bond acceptors (Lipinski definition) is 0. The van der Waals surface area contributed by atoms with Crippen molar-refractivity contribution in [2.24, 2.45) is 0 Å². The van der Waals surface area contributed by atoms with E-state index in [-0.39, 0.29) is 40.4 Å². The monoisotopic (exact) mass is 570 g/mol. The van der Waals surface area contributed by atoms with Gasteiger partial charge in [-0.3, -0.25) is 0 Å².